The summed E-state index contributed by atoms with van der Waals surface area (Å²) >= 11 is 1.26. The quantitative estimate of drug-likeness (QED) is 0.489. The van der Waals surface area contributed by atoms with Gasteiger partial charge in [0.05, 0.1) is 17.2 Å². The summed E-state index contributed by atoms with van der Waals surface area (Å²) in [6.07, 6.45) is 1.62. The number of carbonyl (C=O) groups excluding carboxylic acids is 1. The summed E-state index contributed by atoms with van der Waals surface area (Å²) in [5.74, 6) is 0.354. The minimum absolute atomic E-state index is 0.0848. The zero-order valence-corrected chi connectivity index (χ0v) is 17.1. The molecule has 0 saturated carbocycles. The van der Waals surface area contributed by atoms with Gasteiger partial charge >= 0.3 is 0 Å². The molecular weight excluding hydrogens is 372 g/mol. The summed E-state index contributed by atoms with van der Waals surface area (Å²) in [4.78, 5) is 34.0. The predicted octanol–water partition coefficient (Wildman–Crippen LogP) is 3.42. The molecule has 3 aromatic rings. The molecule has 0 unspecified atom stereocenters. The smallest absolute Gasteiger partial charge is 0.263 e. The van der Waals surface area contributed by atoms with Crippen LogP contribution in [0.4, 0.5) is 0 Å². The Morgan fingerprint density at radius 3 is 2.61 bits per heavy atom. The van der Waals surface area contributed by atoms with Crippen molar-refractivity contribution in [3.05, 3.63) is 64.6 Å². The highest BCUT2D eigenvalue weighted by molar-refractivity contribution is 7.99. The first kappa shape index (κ1) is 20.1. The zero-order chi connectivity index (χ0) is 20.1. The molecule has 0 radical (unpaired) electrons. The highest BCUT2D eigenvalue weighted by Gasteiger charge is 2.16. The molecule has 0 aliphatic rings. The zero-order valence-electron chi connectivity index (χ0n) is 16.3. The first-order chi connectivity index (χ1) is 13.5. The maximum atomic E-state index is 12.9. The van der Waals surface area contributed by atoms with Crippen molar-refractivity contribution in [2.45, 2.75) is 38.5 Å². The van der Waals surface area contributed by atoms with Gasteiger partial charge < -0.3 is 5.32 Å². The molecule has 0 bridgehead atoms. The first-order valence-electron chi connectivity index (χ1n) is 9.28. The van der Waals surface area contributed by atoms with Crippen LogP contribution in [0.3, 0.4) is 0 Å². The lowest BCUT2D eigenvalue weighted by Gasteiger charge is -2.16. The third-order valence-corrected chi connectivity index (χ3v) is 5.23. The molecule has 2 heterocycles. The van der Waals surface area contributed by atoms with Gasteiger partial charge in [-0.3, -0.25) is 14.2 Å². The Labute approximate surface area is 168 Å². The van der Waals surface area contributed by atoms with E-state index in [1.165, 1.54) is 11.8 Å². The molecule has 1 aromatic carbocycles. The molecule has 6 nitrogen and oxygen atoms in total. The van der Waals surface area contributed by atoms with E-state index < -0.39 is 0 Å². The Bertz CT molecular complexity index is 1020. The van der Waals surface area contributed by atoms with E-state index >= 15 is 0 Å². The van der Waals surface area contributed by atoms with E-state index in [4.69, 9.17) is 0 Å². The molecule has 3 rings (SSSR count). The number of aromatic nitrogens is 3. The van der Waals surface area contributed by atoms with E-state index in [1.54, 1.807) is 22.9 Å². The van der Waals surface area contributed by atoms with Crippen LogP contribution >= 0.6 is 11.8 Å². The maximum Gasteiger partial charge on any atom is 0.263 e. The van der Waals surface area contributed by atoms with E-state index in [0.29, 0.717) is 22.7 Å². The lowest BCUT2D eigenvalue weighted by atomic mass is 10.1. The number of amides is 1. The molecule has 0 aliphatic carbocycles. The van der Waals surface area contributed by atoms with Gasteiger partial charge in [-0.15, -0.1) is 0 Å². The number of fused-ring (bicyclic) bond motifs is 1. The largest absolute Gasteiger partial charge is 0.349 e. The van der Waals surface area contributed by atoms with Crippen LogP contribution in [0.1, 0.15) is 32.4 Å². The Hall–Kier alpha value is -2.67. The third kappa shape index (κ3) is 4.78. The molecule has 28 heavy (non-hydrogen) atoms. The molecule has 0 fully saturated rings. The van der Waals surface area contributed by atoms with Gasteiger partial charge in [0.15, 0.2) is 10.8 Å². The lowest BCUT2D eigenvalue weighted by molar-refractivity contribution is -0.119. The average Bonchev–Trinajstić information content (AvgIpc) is 2.69. The van der Waals surface area contributed by atoms with Crippen molar-refractivity contribution < 1.29 is 4.79 Å². The fourth-order valence-electron chi connectivity index (χ4n) is 2.91. The number of nitrogens with zero attached hydrogens (tertiary/aromatic N) is 3. The number of rotatable bonds is 7. The Balaban J connectivity index is 1.77. The van der Waals surface area contributed by atoms with Crippen LogP contribution in [0.2, 0.25) is 0 Å². The number of hydrogen-bond donors (Lipinski definition) is 1. The van der Waals surface area contributed by atoms with Crippen LogP contribution in [0.15, 0.2) is 58.6 Å². The summed E-state index contributed by atoms with van der Waals surface area (Å²) in [5.41, 5.74) is 1.34. The second kappa shape index (κ2) is 9.01. The molecule has 146 valence electrons. The van der Waals surface area contributed by atoms with Crippen molar-refractivity contribution >= 4 is 28.7 Å². The molecule has 7 heteroatoms. The van der Waals surface area contributed by atoms with Crippen LogP contribution in [-0.4, -0.2) is 26.2 Å². The second-order valence-corrected chi connectivity index (χ2v) is 8.01. The van der Waals surface area contributed by atoms with Gasteiger partial charge in [-0.05, 0) is 30.5 Å². The molecule has 0 saturated heterocycles. The van der Waals surface area contributed by atoms with Crippen molar-refractivity contribution in [2.75, 3.05) is 5.75 Å². The van der Waals surface area contributed by atoms with Gasteiger partial charge in [-0.2, -0.15) is 0 Å². The molecule has 1 amide bonds. The van der Waals surface area contributed by atoms with Gasteiger partial charge in [0, 0.05) is 12.7 Å². The number of benzene rings is 1. The van der Waals surface area contributed by atoms with Crippen LogP contribution in [-0.2, 0) is 11.3 Å². The summed E-state index contributed by atoms with van der Waals surface area (Å²) in [6.45, 7) is 6.58. The van der Waals surface area contributed by atoms with Crippen LogP contribution in [0.25, 0.3) is 11.0 Å². The van der Waals surface area contributed by atoms with Gasteiger partial charge in [0.2, 0.25) is 5.91 Å². The van der Waals surface area contributed by atoms with Gasteiger partial charge in [0.25, 0.3) is 5.56 Å². The first-order valence-corrected chi connectivity index (χ1v) is 10.3. The Kier molecular flexibility index (Phi) is 6.46. The Morgan fingerprint density at radius 2 is 1.89 bits per heavy atom. The van der Waals surface area contributed by atoms with E-state index in [2.05, 4.69) is 15.3 Å². The third-order valence-electron chi connectivity index (χ3n) is 4.25. The fraction of sp³-hybridized carbons (Fsp3) is 0.333. The van der Waals surface area contributed by atoms with E-state index in [-0.39, 0.29) is 29.2 Å². The van der Waals surface area contributed by atoms with E-state index in [1.807, 2.05) is 51.1 Å². The van der Waals surface area contributed by atoms with Crippen LogP contribution in [0, 0.1) is 5.92 Å². The maximum absolute atomic E-state index is 12.9. The summed E-state index contributed by atoms with van der Waals surface area (Å²) in [6, 6.07) is 13.2. The molecular formula is C21H24N4O2S. The van der Waals surface area contributed by atoms with E-state index in [9.17, 15) is 9.59 Å². The summed E-state index contributed by atoms with van der Waals surface area (Å²) in [5, 5.41) is 4.00. The standard InChI is InChI=1S/C21H24N4O2S/c1-14(2)12-25-20(27)17-10-7-11-22-19(17)24-21(25)28-13-18(26)23-15(3)16-8-5-4-6-9-16/h4-11,14-15H,12-13H2,1-3H3,(H,23,26)/t15-/m0/s1. The predicted molar refractivity (Wildman–Crippen MR) is 112 cm³/mol. The van der Waals surface area contributed by atoms with Gasteiger partial charge in [-0.25, -0.2) is 9.97 Å². The highest BCUT2D eigenvalue weighted by atomic mass is 32.2. The molecule has 1 N–H and O–H groups in total. The molecule has 0 spiro atoms. The van der Waals surface area contributed by atoms with Crippen molar-refractivity contribution in [2.24, 2.45) is 5.92 Å². The number of carbonyl (C=O) groups is 1. The van der Waals surface area contributed by atoms with Gasteiger partial charge in [0.1, 0.15) is 0 Å². The SMILES string of the molecule is CC(C)Cn1c(SCC(=O)N[C@@H](C)c2ccccc2)nc2ncccc2c1=O. The normalized spacial score (nSPS) is 12.3. The highest BCUT2D eigenvalue weighted by Crippen LogP contribution is 2.19. The van der Waals surface area contributed by atoms with E-state index in [0.717, 1.165) is 5.56 Å². The lowest BCUT2D eigenvalue weighted by Crippen LogP contribution is -2.29. The minimum Gasteiger partial charge on any atom is -0.349 e. The minimum atomic E-state index is -0.118. The Morgan fingerprint density at radius 1 is 1.14 bits per heavy atom. The van der Waals surface area contributed by atoms with Crippen molar-refractivity contribution in [1.29, 1.82) is 0 Å². The summed E-state index contributed by atoms with van der Waals surface area (Å²) < 4.78 is 1.65. The van der Waals surface area contributed by atoms with Gasteiger partial charge in [-0.1, -0.05) is 55.9 Å². The average molecular weight is 397 g/mol. The summed E-state index contributed by atoms with van der Waals surface area (Å²) in [7, 11) is 0. The number of nitrogens with one attached hydrogen (secondary N) is 1. The molecule has 1 atom stereocenters. The van der Waals surface area contributed by atoms with Crippen LogP contribution in [0.5, 0.6) is 0 Å². The number of thioether (sulfide) groups is 1. The van der Waals surface area contributed by atoms with Crippen LogP contribution < -0.4 is 10.9 Å². The second-order valence-electron chi connectivity index (χ2n) is 7.07. The fourth-order valence-corrected chi connectivity index (χ4v) is 3.72. The van der Waals surface area contributed by atoms with Crippen molar-refractivity contribution in [1.82, 2.24) is 19.9 Å². The number of hydrogen-bond acceptors (Lipinski definition) is 5. The topological polar surface area (TPSA) is 76.9 Å². The number of pyridine rings is 1. The molecule has 0 aliphatic heterocycles. The monoisotopic (exact) mass is 396 g/mol. The van der Waals surface area contributed by atoms with Crippen molar-refractivity contribution in [3.63, 3.8) is 0 Å². The molecule has 2 aromatic heterocycles. The van der Waals surface area contributed by atoms with Crippen molar-refractivity contribution in [3.8, 4) is 0 Å².